The molecular formula is C20H36O4Si. The van der Waals surface area contributed by atoms with Gasteiger partial charge in [-0.3, -0.25) is 9.59 Å². The number of esters is 1. The van der Waals surface area contributed by atoms with Gasteiger partial charge in [0.05, 0.1) is 6.10 Å². The minimum Gasteiger partial charge on any atom is -0.460 e. The van der Waals surface area contributed by atoms with E-state index in [0.29, 0.717) is 0 Å². The largest absolute Gasteiger partial charge is 0.460 e. The van der Waals surface area contributed by atoms with Crippen LogP contribution in [0.15, 0.2) is 24.3 Å². The summed E-state index contributed by atoms with van der Waals surface area (Å²) >= 11 is 0. The van der Waals surface area contributed by atoms with Crippen molar-refractivity contribution in [2.75, 3.05) is 0 Å². The summed E-state index contributed by atoms with van der Waals surface area (Å²) in [6.45, 7) is 18.1. The van der Waals surface area contributed by atoms with E-state index in [9.17, 15) is 9.59 Å². The van der Waals surface area contributed by atoms with Crippen molar-refractivity contribution in [3.8, 4) is 0 Å². The summed E-state index contributed by atoms with van der Waals surface area (Å²) < 4.78 is 11.6. The molecule has 1 atom stereocenters. The third-order valence-corrected chi connectivity index (χ3v) is 8.58. The number of ether oxygens (including phenoxy) is 1. The van der Waals surface area contributed by atoms with Crippen LogP contribution in [0.3, 0.4) is 0 Å². The van der Waals surface area contributed by atoms with Crippen molar-refractivity contribution in [2.24, 2.45) is 0 Å². The van der Waals surface area contributed by atoms with Crippen LogP contribution < -0.4 is 0 Å². The Morgan fingerprint density at radius 2 is 1.60 bits per heavy atom. The highest BCUT2D eigenvalue weighted by molar-refractivity contribution is 6.74. The van der Waals surface area contributed by atoms with Gasteiger partial charge < -0.3 is 9.16 Å². The molecule has 0 aromatic carbocycles. The lowest BCUT2D eigenvalue weighted by molar-refractivity contribution is -0.156. The lowest BCUT2D eigenvalue weighted by Crippen LogP contribution is -2.44. The smallest absolute Gasteiger partial charge is 0.313 e. The Balaban J connectivity index is 5.01. The first-order valence-electron chi connectivity index (χ1n) is 8.89. The second-order valence-corrected chi connectivity index (χ2v) is 13.6. The van der Waals surface area contributed by atoms with Gasteiger partial charge in [0.15, 0.2) is 8.32 Å². The minimum absolute atomic E-state index is 0.0495. The van der Waals surface area contributed by atoms with Gasteiger partial charge in [0, 0.05) is 6.42 Å². The summed E-state index contributed by atoms with van der Waals surface area (Å²) in [4.78, 5) is 24.2. The summed E-state index contributed by atoms with van der Waals surface area (Å²) in [5, 5.41) is 0.0495. The molecule has 25 heavy (non-hydrogen) atoms. The zero-order chi connectivity index (χ0) is 19.9. The molecule has 0 aromatic heterocycles. The van der Waals surface area contributed by atoms with E-state index >= 15 is 0 Å². The Labute approximate surface area is 154 Å². The van der Waals surface area contributed by atoms with Crippen LogP contribution in [-0.4, -0.2) is 31.8 Å². The Bertz CT molecular complexity index is 505. The molecule has 1 unspecified atom stereocenters. The number of hydrogen-bond acceptors (Lipinski definition) is 4. The fraction of sp³-hybridized carbons (Fsp3) is 0.700. The first-order valence-corrected chi connectivity index (χ1v) is 11.8. The maximum atomic E-state index is 12.3. The van der Waals surface area contributed by atoms with Gasteiger partial charge in [-0.1, -0.05) is 45.1 Å². The molecule has 0 amide bonds. The van der Waals surface area contributed by atoms with Gasteiger partial charge in [-0.25, -0.2) is 0 Å². The average molecular weight is 369 g/mol. The molecule has 0 saturated heterocycles. The number of rotatable bonds is 8. The lowest BCUT2D eigenvalue weighted by Gasteiger charge is -2.38. The van der Waals surface area contributed by atoms with Crippen LogP contribution in [0.2, 0.25) is 18.1 Å². The molecule has 0 rings (SSSR count). The molecule has 0 aliphatic carbocycles. The lowest BCUT2D eigenvalue weighted by atomic mass is 10.1. The molecule has 0 bridgehead atoms. The van der Waals surface area contributed by atoms with E-state index in [0.717, 1.165) is 0 Å². The van der Waals surface area contributed by atoms with Gasteiger partial charge >= 0.3 is 5.97 Å². The van der Waals surface area contributed by atoms with E-state index in [1.807, 2.05) is 31.2 Å². The summed E-state index contributed by atoms with van der Waals surface area (Å²) in [5.74, 6) is -0.649. The van der Waals surface area contributed by atoms with Gasteiger partial charge in [0.1, 0.15) is 17.8 Å². The van der Waals surface area contributed by atoms with Crippen LogP contribution in [0.1, 0.15) is 61.3 Å². The number of allylic oxidation sites excluding steroid dienone is 3. The van der Waals surface area contributed by atoms with Gasteiger partial charge in [0.2, 0.25) is 0 Å². The topological polar surface area (TPSA) is 52.6 Å². The highest BCUT2D eigenvalue weighted by Gasteiger charge is 2.39. The molecule has 0 aromatic rings. The molecule has 144 valence electrons. The monoisotopic (exact) mass is 368 g/mol. The van der Waals surface area contributed by atoms with Crippen LogP contribution in [0, 0.1) is 0 Å². The third kappa shape index (κ3) is 10.4. The average Bonchev–Trinajstić information content (AvgIpc) is 2.34. The van der Waals surface area contributed by atoms with E-state index in [4.69, 9.17) is 9.16 Å². The van der Waals surface area contributed by atoms with Gasteiger partial charge in [-0.15, -0.1) is 0 Å². The van der Waals surface area contributed by atoms with Crippen molar-refractivity contribution in [2.45, 2.75) is 91.1 Å². The SMILES string of the molecule is C/C=C/C=C/C(CC(=O)CC(=O)OC(C)(C)C)O[Si](C)(C)C(C)(C)C. The van der Waals surface area contributed by atoms with Crippen LogP contribution in [0.25, 0.3) is 0 Å². The van der Waals surface area contributed by atoms with Crippen molar-refractivity contribution in [3.05, 3.63) is 24.3 Å². The maximum absolute atomic E-state index is 12.3. The maximum Gasteiger partial charge on any atom is 0.313 e. The molecule has 0 fully saturated rings. The second kappa shape index (κ2) is 9.48. The second-order valence-electron chi connectivity index (χ2n) is 8.83. The van der Waals surface area contributed by atoms with Gasteiger partial charge in [-0.2, -0.15) is 0 Å². The normalized spacial score (nSPS) is 14.9. The zero-order valence-electron chi connectivity index (χ0n) is 17.4. The molecule has 0 heterocycles. The number of Topliss-reactive ketones (excluding diaryl/α,β-unsaturated/α-hetero) is 1. The highest BCUT2D eigenvalue weighted by atomic mass is 28.4. The van der Waals surface area contributed by atoms with Crippen molar-refractivity contribution < 1.29 is 18.8 Å². The zero-order valence-corrected chi connectivity index (χ0v) is 18.4. The summed E-state index contributed by atoms with van der Waals surface area (Å²) in [6, 6.07) is 0. The highest BCUT2D eigenvalue weighted by Crippen LogP contribution is 2.37. The standard InChI is InChI=1S/C20H36O4Si/c1-10-11-12-13-17(24-25(8,9)20(5,6)7)14-16(21)15-18(22)23-19(2,3)4/h10-13,17H,14-15H2,1-9H3/b11-10+,13-12+. The Morgan fingerprint density at radius 3 is 2.04 bits per heavy atom. The fourth-order valence-corrected chi connectivity index (χ4v) is 3.11. The molecule has 5 heteroatoms. The van der Waals surface area contributed by atoms with Crippen molar-refractivity contribution in [1.82, 2.24) is 0 Å². The Morgan fingerprint density at radius 1 is 1.04 bits per heavy atom. The fourth-order valence-electron chi connectivity index (χ4n) is 1.84. The van der Waals surface area contributed by atoms with Crippen LogP contribution in [-0.2, 0) is 18.8 Å². The Hall–Kier alpha value is -1.20. The quantitative estimate of drug-likeness (QED) is 0.256. The predicted molar refractivity (Wildman–Crippen MR) is 106 cm³/mol. The molecule has 4 nitrogen and oxygen atoms in total. The number of ketones is 1. The molecule has 0 aliphatic rings. The molecule has 0 spiro atoms. The minimum atomic E-state index is -2.02. The molecule has 0 aliphatic heterocycles. The van der Waals surface area contributed by atoms with Gasteiger partial charge in [-0.05, 0) is 45.8 Å². The van der Waals surface area contributed by atoms with Crippen molar-refractivity contribution in [3.63, 3.8) is 0 Å². The summed E-state index contributed by atoms with van der Waals surface area (Å²) in [6.07, 6.45) is 7.24. The molecule has 0 N–H and O–H groups in total. The van der Waals surface area contributed by atoms with Gasteiger partial charge in [0.25, 0.3) is 0 Å². The number of hydrogen-bond donors (Lipinski definition) is 0. The number of carbonyl (C=O) groups is 2. The van der Waals surface area contributed by atoms with E-state index < -0.39 is 19.9 Å². The van der Waals surface area contributed by atoms with E-state index in [1.165, 1.54) is 0 Å². The third-order valence-electron chi connectivity index (χ3n) is 4.07. The summed E-state index contributed by atoms with van der Waals surface area (Å²) in [7, 11) is -2.02. The van der Waals surface area contributed by atoms with Crippen molar-refractivity contribution >= 4 is 20.1 Å². The summed E-state index contributed by atoms with van der Waals surface area (Å²) in [5.41, 5.74) is -0.583. The molecular weight excluding hydrogens is 332 g/mol. The number of carbonyl (C=O) groups excluding carboxylic acids is 2. The van der Waals surface area contributed by atoms with Crippen LogP contribution in [0.5, 0.6) is 0 Å². The molecule has 0 radical (unpaired) electrons. The molecule has 0 saturated carbocycles. The van der Waals surface area contributed by atoms with Crippen LogP contribution in [0.4, 0.5) is 0 Å². The first-order chi connectivity index (χ1) is 11.2. The van der Waals surface area contributed by atoms with E-state index in [1.54, 1.807) is 20.8 Å². The van der Waals surface area contributed by atoms with E-state index in [2.05, 4.69) is 33.9 Å². The predicted octanol–water partition coefficient (Wildman–Crippen LogP) is 5.20. The van der Waals surface area contributed by atoms with E-state index in [-0.39, 0.29) is 29.8 Å². The van der Waals surface area contributed by atoms with Crippen LogP contribution >= 0.6 is 0 Å². The van der Waals surface area contributed by atoms with Crippen molar-refractivity contribution in [1.29, 1.82) is 0 Å². The first kappa shape index (κ1) is 23.8. The Kier molecular flexibility index (Phi) is 9.03.